The fourth-order valence-corrected chi connectivity index (χ4v) is 3.27. The Hall–Kier alpha value is -0.900. The van der Waals surface area contributed by atoms with Crippen LogP contribution in [0.5, 0.6) is 0 Å². The summed E-state index contributed by atoms with van der Waals surface area (Å²) in [6, 6.07) is 11.0. The molecule has 2 N–H and O–H groups in total. The fraction of sp³-hybridized carbons (Fsp3) is 0.667. The van der Waals surface area contributed by atoms with Crippen LogP contribution in [0.2, 0.25) is 0 Å². The lowest BCUT2D eigenvalue weighted by Gasteiger charge is -2.38. The average molecular weight is 288 g/mol. The van der Waals surface area contributed by atoms with Gasteiger partial charge in [-0.15, -0.1) is 0 Å². The molecule has 21 heavy (non-hydrogen) atoms. The van der Waals surface area contributed by atoms with Crippen molar-refractivity contribution in [3.8, 4) is 0 Å². The third kappa shape index (κ3) is 4.29. The van der Waals surface area contributed by atoms with Gasteiger partial charge in [0.1, 0.15) is 0 Å². The first-order chi connectivity index (χ1) is 10.4. The number of piperidine rings is 1. The Bertz CT molecular complexity index is 410. The summed E-state index contributed by atoms with van der Waals surface area (Å²) in [7, 11) is 0. The minimum atomic E-state index is 0.295. The molecule has 1 saturated carbocycles. The normalized spacial score (nSPS) is 21.3. The van der Waals surface area contributed by atoms with Crippen molar-refractivity contribution in [1.82, 2.24) is 10.6 Å². The summed E-state index contributed by atoms with van der Waals surface area (Å²) in [5.41, 5.74) is 1.78. The molecule has 0 amide bonds. The molecule has 0 atom stereocenters. The SMILES string of the molecule is c1ccc(C2(CNCCOCC3CC3)CCNCC2)cc1. The van der Waals surface area contributed by atoms with Gasteiger partial charge in [0.25, 0.3) is 0 Å². The third-order valence-electron chi connectivity index (χ3n) is 4.88. The molecule has 3 heteroatoms. The van der Waals surface area contributed by atoms with E-state index in [0.717, 1.165) is 45.3 Å². The maximum atomic E-state index is 5.71. The Labute approximate surface area is 128 Å². The lowest BCUT2D eigenvalue weighted by Crippen LogP contribution is -2.46. The first-order valence-corrected chi connectivity index (χ1v) is 8.44. The van der Waals surface area contributed by atoms with Crippen LogP contribution in [0.25, 0.3) is 0 Å². The van der Waals surface area contributed by atoms with E-state index in [2.05, 4.69) is 41.0 Å². The van der Waals surface area contributed by atoms with Crippen molar-refractivity contribution >= 4 is 0 Å². The van der Waals surface area contributed by atoms with Gasteiger partial charge in [0.2, 0.25) is 0 Å². The van der Waals surface area contributed by atoms with Crippen molar-refractivity contribution < 1.29 is 4.74 Å². The number of hydrogen-bond acceptors (Lipinski definition) is 3. The average Bonchev–Trinajstić information content (AvgIpc) is 3.37. The molecule has 1 heterocycles. The number of ether oxygens (including phenoxy) is 1. The van der Waals surface area contributed by atoms with Gasteiger partial charge in [-0.25, -0.2) is 0 Å². The summed E-state index contributed by atoms with van der Waals surface area (Å²) in [6.07, 6.45) is 5.18. The van der Waals surface area contributed by atoms with Gasteiger partial charge in [0.05, 0.1) is 6.61 Å². The van der Waals surface area contributed by atoms with Crippen LogP contribution in [-0.4, -0.2) is 39.4 Å². The van der Waals surface area contributed by atoms with E-state index in [9.17, 15) is 0 Å². The summed E-state index contributed by atoms with van der Waals surface area (Å²) >= 11 is 0. The highest BCUT2D eigenvalue weighted by Crippen LogP contribution is 2.32. The highest BCUT2D eigenvalue weighted by Gasteiger charge is 2.33. The molecular formula is C18H28N2O. The smallest absolute Gasteiger partial charge is 0.0591 e. The van der Waals surface area contributed by atoms with Crippen LogP contribution in [0.3, 0.4) is 0 Å². The predicted octanol–water partition coefficient (Wildman–Crippen LogP) is 2.32. The Morgan fingerprint density at radius 1 is 1.14 bits per heavy atom. The number of rotatable bonds is 8. The summed E-state index contributed by atoms with van der Waals surface area (Å²) in [6.45, 7) is 6.08. The van der Waals surface area contributed by atoms with Gasteiger partial charge < -0.3 is 15.4 Å². The summed E-state index contributed by atoms with van der Waals surface area (Å²) in [4.78, 5) is 0. The lowest BCUT2D eigenvalue weighted by molar-refractivity contribution is 0.124. The highest BCUT2D eigenvalue weighted by atomic mass is 16.5. The molecule has 1 aromatic rings. The summed E-state index contributed by atoms with van der Waals surface area (Å²) in [5, 5.41) is 7.12. The van der Waals surface area contributed by atoms with Crippen LogP contribution in [0.4, 0.5) is 0 Å². The zero-order valence-corrected chi connectivity index (χ0v) is 12.9. The molecule has 3 nitrogen and oxygen atoms in total. The zero-order valence-electron chi connectivity index (χ0n) is 12.9. The minimum Gasteiger partial charge on any atom is -0.380 e. The van der Waals surface area contributed by atoms with Crippen LogP contribution in [0.15, 0.2) is 30.3 Å². The van der Waals surface area contributed by atoms with Gasteiger partial charge in [0.15, 0.2) is 0 Å². The van der Waals surface area contributed by atoms with Crippen LogP contribution in [-0.2, 0) is 10.2 Å². The molecule has 1 saturated heterocycles. The fourth-order valence-electron chi connectivity index (χ4n) is 3.27. The predicted molar refractivity (Wildman–Crippen MR) is 86.6 cm³/mol. The van der Waals surface area contributed by atoms with Gasteiger partial charge in [-0.05, 0) is 50.3 Å². The molecule has 2 aliphatic rings. The van der Waals surface area contributed by atoms with E-state index in [4.69, 9.17) is 4.74 Å². The highest BCUT2D eigenvalue weighted by molar-refractivity contribution is 5.27. The number of benzene rings is 1. The van der Waals surface area contributed by atoms with Crippen molar-refractivity contribution in [3.63, 3.8) is 0 Å². The van der Waals surface area contributed by atoms with E-state index in [1.54, 1.807) is 0 Å². The largest absolute Gasteiger partial charge is 0.380 e. The molecule has 0 aromatic heterocycles. The minimum absolute atomic E-state index is 0.295. The molecule has 0 spiro atoms. The monoisotopic (exact) mass is 288 g/mol. The molecule has 1 aliphatic heterocycles. The number of nitrogens with one attached hydrogen (secondary N) is 2. The molecule has 1 aliphatic carbocycles. The van der Waals surface area contributed by atoms with Gasteiger partial charge >= 0.3 is 0 Å². The van der Waals surface area contributed by atoms with E-state index < -0.39 is 0 Å². The van der Waals surface area contributed by atoms with Crippen molar-refractivity contribution in [3.05, 3.63) is 35.9 Å². The Kier molecular flexibility index (Phi) is 5.28. The Balaban J connectivity index is 1.48. The van der Waals surface area contributed by atoms with Gasteiger partial charge in [-0.1, -0.05) is 30.3 Å². The van der Waals surface area contributed by atoms with Crippen LogP contribution in [0.1, 0.15) is 31.2 Å². The molecule has 2 fully saturated rings. The van der Waals surface area contributed by atoms with Crippen LogP contribution < -0.4 is 10.6 Å². The van der Waals surface area contributed by atoms with E-state index >= 15 is 0 Å². The number of hydrogen-bond donors (Lipinski definition) is 2. The summed E-state index contributed by atoms with van der Waals surface area (Å²) < 4.78 is 5.71. The van der Waals surface area contributed by atoms with E-state index in [1.165, 1.54) is 31.2 Å². The standard InChI is InChI=1S/C18H28N2O/c1-2-4-17(5-3-1)18(8-10-19-11-9-18)15-20-12-13-21-14-16-6-7-16/h1-5,16,19-20H,6-15H2. The second-order valence-corrected chi connectivity index (χ2v) is 6.59. The van der Waals surface area contributed by atoms with Crippen molar-refractivity contribution in [2.45, 2.75) is 31.1 Å². The Morgan fingerprint density at radius 2 is 1.90 bits per heavy atom. The van der Waals surface area contributed by atoms with Crippen molar-refractivity contribution in [2.75, 3.05) is 39.4 Å². The molecule has 0 bridgehead atoms. The van der Waals surface area contributed by atoms with Crippen LogP contribution >= 0.6 is 0 Å². The first-order valence-electron chi connectivity index (χ1n) is 8.44. The van der Waals surface area contributed by atoms with Crippen LogP contribution in [0, 0.1) is 5.92 Å². The van der Waals surface area contributed by atoms with Gasteiger partial charge in [0, 0.05) is 25.1 Å². The van der Waals surface area contributed by atoms with Crippen molar-refractivity contribution in [1.29, 1.82) is 0 Å². The zero-order chi connectivity index (χ0) is 14.4. The molecule has 0 unspecified atom stereocenters. The third-order valence-corrected chi connectivity index (χ3v) is 4.88. The second kappa shape index (κ2) is 7.39. The first kappa shape index (κ1) is 15.0. The molecule has 116 valence electrons. The molecular weight excluding hydrogens is 260 g/mol. The molecule has 0 radical (unpaired) electrons. The maximum Gasteiger partial charge on any atom is 0.0591 e. The molecule has 3 rings (SSSR count). The van der Waals surface area contributed by atoms with Gasteiger partial charge in [-0.3, -0.25) is 0 Å². The molecule has 1 aromatic carbocycles. The summed E-state index contributed by atoms with van der Waals surface area (Å²) in [5.74, 6) is 0.866. The topological polar surface area (TPSA) is 33.3 Å². The maximum absolute atomic E-state index is 5.71. The van der Waals surface area contributed by atoms with E-state index in [1.807, 2.05) is 0 Å². The van der Waals surface area contributed by atoms with E-state index in [0.29, 0.717) is 5.41 Å². The second-order valence-electron chi connectivity index (χ2n) is 6.59. The lowest BCUT2D eigenvalue weighted by atomic mass is 9.73. The Morgan fingerprint density at radius 3 is 2.62 bits per heavy atom. The van der Waals surface area contributed by atoms with Gasteiger partial charge in [-0.2, -0.15) is 0 Å². The quantitative estimate of drug-likeness (QED) is 0.720. The van der Waals surface area contributed by atoms with E-state index in [-0.39, 0.29) is 0 Å². The van der Waals surface area contributed by atoms with Crippen molar-refractivity contribution in [2.24, 2.45) is 5.92 Å².